The molecule has 21 heavy (non-hydrogen) atoms. The smallest absolute Gasteiger partial charge is 0.0233 e. The van der Waals surface area contributed by atoms with Crippen LogP contribution in [0.5, 0.6) is 0 Å². The predicted octanol–water partition coefficient (Wildman–Crippen LogP) is 4.61. The summed E-state index contributed by atoms with van der Waals surface area (Å²) in [6, 6.07) is 10.6. The normalized spacial score (nSPS) is 16.8. The number of hydrogen-bond acceptors (Lipinski definition) is 2. The number of likely N-dealkylation sites (tertiary alicyclic amines) is 1. The third-order valence-corrected chi connectivity index (χ3v) is 3.65. The van der Waals surface area contributed by atoms with Crippen molar-refractivity contribution in [3.63, 3.8) is 0 Å². The van der Waals surface area contributed by atoms with Crippen LogP contribution in [0, 0.1) is 0 Å². The Kier molecular flexibility index (Phi) is 10.9. The molecule has 1 aromatic carbocycles. The van der Waals surface area contributed by atoms with Crippen LogP contribution in [0.15, 0.2) is 43.0 Å². The van der Waals surface area contributed by atoms with E-state index in [0.29, 0.717) is 0 Å². The van der Waals surface area contributed by atoms with Crippen molar-refractivity contribution in [1.29, 1.82) is 0 Å². The number of piperidine rings is 1. The molecular formula is C19H34N2. The Bertz CT molecular complexity index is 351. The Morgan fingerprint density at radius 2 is 1.62 bits per heavy atom. The molecule has 2 N–H and O–H groups in total. The molecule has 0 aromatic heterocycles. The van der Waals surface area contributed by atoms with Crippen LogP contribution in [-0.4, -0.2) is 23.5 Å². The summed E-state index contributed by atoms with van der Waals surface area (Å²) in [5.41, 5.74) is 7.71. The van der Waals surface area contributed by atoms with Gasteiger partial charge in [0.1, 0.15) is 0 Å². The van der Waals surface area contributed by atoms with Crippen LogP contribution < -0.4 is 5.73 Å². The highest BCUT2D eigenvalue weighted by Crippen LogP contribution is 2.24. The van der Waals surface area contributed by atoms with Gasteiger partial charge in [-0.2, -0.15) is 0 Å². The number of benzene rings is 1. The van der Waals surface area contributed by atoms with E-state index in [2.05, 4.69) is 41.8 Å². The quantitative estimate of drug-likeness (QED) is 0.821. The first-order valence-electron chi connectivity index (χ1n) is 8.38. The third-order valence-electron chi connectivity index (χ3n) is 3.65. The minimum absolute atomic E-state index is 0.00502. The lowest BCUT2D eigenvalue weighted by Crippen LogP contribution is -2.49. The fourth-order valence-electron chi connectivity index (χ4n) is 2.49. The molecule has 0 bridgehead atoms. The largest absolute Gasteiger partial charge is 0.325 e. The first-order valence-corrected chi connectivity index (χ1v) is 8.38. The van der Waals surface area contributed by atoms with Crippen molar-refractivity contribution in [2.45, 2.75) is 59.0 Å². The Balaban J connectivity index is 0.000000921. The van der Waals surface area contributed by atoms with E-state index < -0.39 is 0 Å². The van der Waals surface area contributed by atoms with Crippen molar-refractivity contribution < 1.29 is 0 Å². The average Bonchev–Trinajstić information content (AvgIpc) is 2.55. The molecule has 1 saturated heterocycles. The van der Waals surface area contributed by atoms with Crippen molar-refractivity contribution in [3.05, 3.63) is 48.6 Å². The zero-order valence-corrected chi connectivity index (χ0v) is 14.4. The van der Waals surface area contributed by atoms with E-state index in [4.69, 9.17) is 5.73 Å². The fraction of sp³-hybridized carbons (Fsp3) is 0.579. The van der Waals surface area contributed by atoms with E-state index in [1.807, 2.05) is 33.8 Å². The van der Waals surface area contributed by atoms with Crippen LogP contribution in [0.3, 0.4) is 0 Å². The monoisotopic (exact) mass is 290 g/mol. The third kappa shape index (κ3) is 7.45. The second-order valence-corrected chi connectivity index (χ2v) is 5.12. The molecule has 0 amide bonds. The summed E-state index contributed by atoms with van der Waals surface area (Å²) < 4.78 is 0. The molecule has 1 heterocycles. The van der Waals surface area contributed by atoms with Crippen molar-refractivity contribution in [3.8, 4) is 0 Å². The minimum Gasteiger partial charge on any atom is -0.325 e. The van der Waals surface area contributed by atoms with Gasteiger partial charge in [0.25, 0.3) is 0 Å². The zero-order valence-electron chi connectivity index (χ0n) is 14.4. The lowest BCUT2D eigenvalue weighted by molar-refractivity contribution is 0.156. The van der Waals surface area contributed by atoms with E-state index >= 15 is 0 Å². The molecule has 2 heteroatoms. The summed E-state index contributed by atoms with van der Waals surface area (Å²) >= 11 is 0. The average molecular weight is 290 g/mol. The number of rotatable bonds is 4. The van der Waals surface area contributed by atoms with Crippen molar-refractivity contribution in [2.75, 3.05) is 13.1 Å². The first kappa shape index (κ1) is 19.9. The molecule has 0 aliphatic carbocycles. The number of nitrogens with two attached hydrogens (primary N) is 1. The van der Waals surface area contributed by atoms with Gasteiger partial charge < -0.3 is 5.73 Å². The van der Waals surface area contributed by atoms with Gasteiger partial charge in [0.15, 0.2) is 0 Å². The zero-order chi connectivity index (χ0) is 16.1. The molecule has 0 saturated carbocycles. The van der Waals surface area contributed by atoms with Gasteiger partial charge in [0.2, 0.25) is 0 Å². The maximum atomic E-state index is 6.33. The maximum Gasteiger partial charge on any atom is 0.0233 e. The van der Waals surface area contributed by atoms with Gasteiger partial charge in [-0.25, -0.2) is 0 Å². The van der Waals surface area contributed by atoms with E-state index in [-0.39, 0.29) is 5.54 Å². The van der Waals surface area contributed by atoms with Gasteiger partial charge in [-0.05, 0) is 24.8 Å². The molecule has 1 aliphatic rings. The lowest BCUT2D eigenvalue weighted by Gasteiger charge is -2.38. The number of nitrogens with zero attached hydrogens (tertiary/aromatic N) is 1. The summed E-state index contributed by atoms with van der Waals surface area (Å²) in [4.78, 5) is 2.49. The van der Waals surface area contributed by atoms with Gasteiger partial charge in [-0.15, -0.1) is 6.58 Å². The summed E-state index contributed by atoms with van der Waals surface area (Å²) in [6.45, 7) is 15.0. The van der Waals surface area contributed by atoms with Crippen LogP contribution in [0.2, 0.25) is 0 Å². The molecule has 1 aliphatic heterocycles. The van der Waals surface area contributed by atoms with E-state index in [9.17, 15) is 0 Å². The molecule has 2 nitrogen and oxygen atoms in total. The van der Waals surface area contributed by atoms with Crippen molar-refractivity contribution in [1.82, 2.24) is 4.90 Å². The Morgan fingerprint density at radius 1 is 1.10 bits per heavy atom. The van der Waals surface area contributed by atoms with E-state index in [1.54, 1.807) is 0 Å². The molecule has 1 aromatic rings. The predicted molar refractivity (Wildman–Crippen MR) is 95.4 cm³/mol. The summed E-state index contributed by atoms with van der Waals surface area (Å²) in [6.07, 6.45) is 5.04. The molecule has 0 radical (unpaired) electrons. The standard InChI is InChI=1S/C15H22N2.2C2H6/c1-2-8-15(16)9-11-17(12-10-15)13-14-6-4-3-5-7-14;2*1-2/h2-7H,1,8-13,16H2;2*1-2H3. The second kappa shape index (κ2) is 11.5. The maximum absolute atomic E-state index is 6.33. The Morgan fingerprint density at radius 3 is 2.10 bits per heavy atom. The molecule has 120 valence electrons. The fourth-order valence-corrected chi connectivity index (χ4v) is 2.49. The summed E-state index contributed by atoms with van der Waals surface area (Å²) in [5.74, 6) is 0. The van der Waals surface area contributed by atoms with Crippen LogP contribution in [-0.2, 0) is 6.54 Å². The first-order chi connectivity index (χ1) is 10.2. The molecule has 0 atom stereocenters. The van der Waals surface area contributed by atoms with Gasteiger partial charge in [-0.3, -0.25) is 4.90 Å². The highest BCUT2D eigenvalue weighted by molar-refractivity contribution is 5.14. The van der Waals surface area contributed by atoms with E-state index in [1.165, 1.54) is 5.56 Å². The summed E-state index contributed by atoms with van der Waals surface area (Å²) in [5, 5.41) is 0. The SMILES string of the molecule is C=CCC1(N)CCN(Cc2ccccc2)CC1.CC.CC. The molecule has 0 spiro atoms. The van der Waals surface area contributed by atoms with Gasteiger partial charge in [-0.1, -0.05) is 64.1 Å². The Labute approximate surface area is 132 Å². The van der Waals surface area contributed by atoms with Crippen molar-refractivity contribution >= 4 is 0 Å². The Hall–Kier alpha value is -1.12. The van der Waals surface area contributed by atoms with Crippen LogP contribution in [0.4, 0.5) is 0 Å². The number of hydrogen-bond donors (Lipinski definition) is 1. The van der Waals surface area contributed by atoms with Gasteiger partial charge in [0.05, 0.1) is 0 Å². The minimum atomic E-state index is -0.00502. The van der Waals surface area contributed by atoms with Gasteiger partial charge in [0, 0.05) is 25.2 Å². The van der Waals surface area contributed by atoms with Gasteiger partial charge >= 0.3 is 0 Å². The van der Waals surface area contributed by atoms with Crippen molar-refractivity contribution in [2.24, 2.45) is 5.73 Å². The highest BCUT2D eigenvalue weighted by atomic mass is 15.1. The molecule has 0 unspecified atom stereocenters. The highest BCUT2D eigenvalue weighted by Gasteiger charge is 2.29. The topological polar surface area (TPSA) is 29.3 Å². The molecule has 1 fully saturated rings. The molecule has 2 rings (SSSR count). The van der Waals surface area contributed by atoms with Crippen LogP contribution in [0.25, 0.3) is 0 Å². The van der Waals surface area contributed by atoms with E-state index in [0.717, 1.165) is 38.9 Å². The molecular weight excluding hydrogens is 256 g/mol. The van der Waals surface area contributed by atoms with Crippen LogP contribution >= 0.6 is 0 Å². The lowest BCUT2D eigenvalue weighted by atomic mass is 9.85. The second-order valence-electron chi connectivity index (χ2n) is 5.12. The van der Waals surface area contributed by atoms with Crippen LogP contribution in [0.1, 0.15) is 52.5 Å². The summed E-state index contributed by atoms with van der Waals surface area (Å²) in [7, 11) is 0.